The zero-order valence-electron chi connectivity index (χ0n) is 8.60. The molecule has 1 aliphatic heterocycles. The maximum absolute atomic E-state index is 5.65. The Balaban J connectivity index is 2.02. The first kappa shape index (κ1) is 10.0. The van der Waals surface area contributed by atoms with Crippen LogP contribution in [-0.4, -0.2) is 36.7 Å². The minimum Gasteiger partial charge on any atom is -0.375 e. The van der Waals surface area contributed by atoms with E-state index in [2.05, 4.69) is 25.7 Å². The Morgan fingerprint density at radius 3 is 2.25 bits per heavy atom. The number of hydrogen-bond donors (Lipinski definition) is 0. The maximum atomic E-state index is 5.65. The second-order valence-corrected chi connectivity index (χ2v) is 4.51. The van der Waals surface area contributed by atoms with Crippen LogP contribution in [0.1, 0.15) is 33.6 Å². The van der Waals surface area contributed by atoms with Crippen molar-refractivity contribution in [2.24, 2.45) is 0 Å². The van der Waals surface area contributed by atoms with Gasteiger partial charge in [-0.1, -0.05) is 0 Å². The molecular formula is C10H21NO. The molecule has 1 fully saturated rings. The molecule has 1 saturated heterocycles. The van der Waals surface area contributed by atoms with Crippen LogP contribution in [0, 0.1) is 0 Å². The molecule has 2 nitrogen and oxygen atoms in total. The fourth-order valence-electron chi connectivity index (χ4n) is 1.49. The Morgan fingerprint density at radius 2 is 1.75 bits per heavy atom. The van der Waals surface area contributed by atoms with E-state index in [0.29, 0.717) is 0 Å². The summed E-state index contributed by atoms with van der Waals surface area (Å²) in [6.07, 6.45) is 2.74. The average molecular weight is 171 g/mol. The van der Waals surface area contributed by atoms with Crippen LogP contribution in [0.5, 0.6) is 0 Å². The molecule has 1 heterocycles. The summed E-state index contributed by atoms with van der Waals surface area (Å²) in [5.41, 5.74) is 0.0275. The first-order valence-electron chi connectivity index (χ1n) is 4.94. The van der Waals surface area contributed by atoms with E-state index in [0.717, 1.165) is 13.2 Å². The van der Waals surface area contributed by atoms with E-state index in [1.807, 2.05) is 0 Å². The van der Waals surface area contributed by atoms with Gasteiger partial charge < -0.3 is 9.64 Å². The van der Waals surface area contributed by atoms with Gasteiger partial charge in [0.2, 0.25) is 0 Å². The fraction of sp³-hybridized carbons (Fsp3) is 1.00. The molecule has 0 aromatic rings. The van der Waals surface area contributed by atoms with Gasteiger partial charge in [0.1, 0.15) is 0 Å². The standard InChI is InChI=1S/C10H21NO/c1-10(2,3)12-9-8-11-6-4-5-7-11/h4-9H2,1-3H3. The molecule has 0 bridgehead atoms. The highest BCUT2D eigenvalue weighted by atomic mass is 16.5. The Hall–Kier alpha value is -0.0800. The third-order valence-electron chi connectivity index (χ3n) is 2.14. The van der Waals surface area contributed by atoms with E-state index in [-0.39, 0.29) is 5.60 Å². The van der Waals surface area contributed by atoms with Gasteiger partial charge >= 0.3 is 0 Å². The minimum absolute atomic E-state index is 0.0275. The highest BCUT2D eigenvalue weighted by Crippen LogP contribution is 2.09. The van der Waals surface area contributed by atoms with Crippen LogP contribution in [0.25, 0.3) is 0 Å². The number of ether oxygens (including phenoxy) is 1. The van der Waals surface area contributed by atoms with E-state index in [4.69, 9.17) is 4.74 Å². The number of hydrogen-bond acceptors (Lipinski definition) is 2. The van der Waals surface area contributed by atoms with E-state index in [1.165, 1.54) is 25.9 Å². The van der Waals surface area contributed by atoms with Crippen LogP contribution < -0.4 is 0 Å². The van der Waals surface area contributed by atoms with Crippen LogP contribution in [0.15, 0.2) is 0 Å². The quantitative estimate of drug-likeness (QED) is 0.643. The monoisotopic (exact) mass is 171 g/mol. The summed E-state index contributed by atoms with van der Waals surface area (Å²) in [5, 5.41) is 0. The van der Waals surface area contributed by atoms with Crippen molar-refractivity contribution in [3.05, 3.63) is 0 Å². The Bertz CT molecular complexity index is 122. The molecule has 2 heteroatoms. The second kappa shape index (κ2) is 4.24. The van der Waals surface area contributed by atoms with Crippen LogP contribution in [0.4, 0.5) is 0 Å². The van der Waals surface area contributed by atoms with Gasteiger partial charge in [0, 0.05) is 6.54 Å². The normalized spacial score (nSPS) is 20.2. The van der Waals surface area contributed by atoms with Crippen molar-refractivity contribution in [2.45, 2.75) is 39.2 Å². The number of nitrogens with zero attached hydrogens (tertiary/aromatic N) is 1. The van der Waals surface area contributed by atoms with Gasteiger partial charge in [-0.15, -0.1) is 0 Å². The minimum atomic E-state index is 0.0275. The summed E-state index contributed by atoms with van der Waals surface area (Å²) in [6, 6.07) is 0. The molecule has 0 unspecified atom stereocenters. The lowest BCUT2D eigenvalue weighted by Gasteiger charge is -2.22. The van der Waals surface area contributed by atoms with Crippen molar-refractivity contribution in [2.75, 3.05) is 26.2 Å². The van der Waals surface area contributed by atoms with Crippen molar-refractivity contribution >= 4 is 0 Å². The third-order valence-corrected chi connectivity index (χ3v) is 2.14. The van der Waals surface area contributed by atoms with Crippen molar-refractivity contribution in [1.82, 2.24) is 4.90 Å². The van der Waals surface area contributed by atoms with Gasteiger partial charge in [-0.05, 0) is 46.7 Å². The summed E-state index contributed by atoms with van der Waals surface area (Å²) in [4.78, 5) is 2.48. The topological polar surface area (TPSA) is 12.5 Å². The maximum Gasteiger partial charge on any atom is 0.0600 e. The Morgan fingerprint density at radius 1 is 1.17 bits per heavy atom. The van der Waals surface area contributed by atoms with Gasteiger partial charge in [0.15, 0.2) is 0 Å². The summed E-state index contributed by atoms with van der Waals surface area (Å²) in [7, 11) is 0. The molecule has 0 atom stereocenters. The predicted octanol–water partition coefficient (Wildman–Crippen LogP) is 1.90. The van der Waals surface area contributed by atoms with Crippen LogP contribution in [0.2, 0.25) is 0 Å². The molecular weight excluding hydrogens is 150 g/mol. The van der Waals surface area contributed by atoms with Gasteiger partial charge in [0.25, 0.3) is 0 Å². The Labute approximate surface area is 75.9 Å². The smallest absolute Gasteiger partial charge is 0.0600 e. The summed E-state index contributed by atoms with van der Waals surface area (Å²) in [6.45, 7) is 10.9. The summed E-state index contributed by atoms with van der Waals surface area (Å²) >= 11 is 0. The molecule has 0 spiro atoms. The van der Waals surface area contributed by atoms with Crippen molar-refractivity contribution < 1.29 is 4.74 Å². The molecule has 0 aromatic heterocycles. The highest BCUT2D eigenvalue weighted by Gasteiger charge is 2.13. The molecule has 12 heavy (non-hydrogen) atoms. The van der Waals surface area contributed by atoms with Crippen molar-refractivity contribution in [3.63, 3.8) is 0 Å². The van der Waals surface area contributed by atoms with E-state index < -0.39 is 0 Å². The van der Waals surface area contributed by atoms with Gasteiger partial charge in [-0.2, -0.15) is 0 Å². The first-order valence-corrected chi connectivity index (χ1v) is 4.94. The number of rotatable bonds is 3. The van der Waals surface area contributed by atoms with Gasteiger partial charge in [-0.25, -0.2) is 0 Å². The largest absolute Gasteiger partial charge is 0.375 e. The van der Waals surface area contributed by atoms with Crippen LogP contribution in [0.3, 0.4) is 0 Å². The molecule has 1 aliphatic rings. The molecule has 72 valence electrons. The fourth-order valence-corrected chi connectivity index (χ4v) is 1.49. The zero-order chi connectivity index (χ0) is 9.03. The van der Waals surface area contributed by atoms with Gasteiger partial charge in [-0.3, -0.25) is 0 Å². The third kappa shape index (κ3) is 4.07. The van der Waals surface area contributed by atoms with Gasteiger partial charge in [0.05, 0.1) is 12.2 Å². The molecule has 0 amide bonds. The van der Waals surface area contributed by atoms with Crippen molar-refractivity contribution in [1.29, 1.82) is 0 Å². The molecule has 1 rings (SSSR count). The lowest BCUT2D eigenvalue weighted by Crippen LogP contribution is -2.28. The molecule has 0 aromatic carbocycles. The first-order chi connectivity index (χ1) is 5.58. The van der Waals surface area contributed by atoms with E-state index >= 15 is 0 Å². The SMILES string of the molecule is CC(C)(C)OCCN1CCCC1. The predicted molar refractivity (Wildman–Crippen MR) is 51.4 cm³/mol. The lowest BCUT2D eigenvalue weighted by atomic mass is 10.2. The van der Waals surface area contributed by atoms with Crippen molar-refractivity contribution in [3.8, 4) is 0 Å². The second-order valence-electron chi connectivity index (χ2n) is 4.51. The summed E-state index contributed by atoms with van der Waals surface area (Å²) < 4.78 is 5.65. The Kier molecular flexibility index (Phi) is 3.53. The molecule has 0 aliphatic carbocycles. The molecule has 0 radical (unpaired) electrons. The lowest BCUT2D eigenvalue weighted by molar-refractivity contribution is -0.0109. The average Bonchev–Trinajstić information content (AvgIpc) is 2.36. The number of likely N-dealkylation sites (tertiary alicyclic amines) is 1. The van der Waals surface area contributed by atoms with E-state index in [9.17, 15) is 0 Å². The molecule has 0 saturated carbocycles. The van der Waals surface area contributed by atoms with E-state index in [1.54, 1.807) is 0 Å². The highest BCUT2D eigenvalue weighted by molar-refractivity contribution is 4.66. The zero-order valence-corrected chi connectivity index (χ0v) is 8.60. The molecule has 0 N–H and O–H groups in total. The van der Waals surface area contributed by atoms with Crippen LogP contribution in [-0.2, 0) is 4.74 Å². The summed E-state index contributed by atoms with van der Waals surface area (Å²) in [5.74, 6) is 0. The van der Waals surface area contributed by atoms with Crippen LogP contribution >= 0.6 is 0 Å².